The molecule has 1 amide bonds. The molecule has 0 fully saturated rings. The summed E-state index contributed by atoms with van der Waals surface area (Å²) in [6.07, 6.45) is 0. The summed E-state index contributed by atoms with van der Waals surface area (Å²) in [6.45, 7) is 6.00. The summed E-state index contributed by atoms with van der Waals surface area (Å²) >= 11 is 0. The van der Waals surface area contributed by atoms with E-state index < -0.39 is 0 Å². The van der Waals surface area contributed by atoms with Crippen LogP contribution in [0, 0.1) is 20.8 Å². The second-order valence-corrected chi connectivity index (χ2v) is 5.86. The average Bonchev–Trinajstić information content (AvgIpc) is 2.93. The Bertz CT molecular complexity index is 779. The molecule has 0 atom stereocenters. The van der Waals surface area contributed by atoms with Crippen LogP contribution in [0.25, 0.3) is 0 Å². The summed E-state index contributed by atoms with van der Waals surface area (Å²) in [5.74, 6) is 1.58. The number of fused-ring (bicyclic) bond motifs is 1. The topological polar surface area (TPSA) is 82.8 Å². The standard InChI is InChI=1S/C18H20N2O4/c1-10-4-11(2)18(12(3)5-10)22-8-17(21)20-14-7-16-15(6-13(14)19)23-9-24-16/h4-7H,8-9,19H2,1-3H3,(H,20,21). The Kier molecular flexibility index (Phi) is 4.20. The number of carbonyl (C=O) groups is 1. The molecule has 6 heteroatoms. The number of nitrogens with one attached hydrogen (secondary N) is 1. The maximum absolute atomic E-state index is 12.2. The lowest BCUT2D eigenvalue weighted by molar-refractivity contribution is -0.118. The summed E-state index contributed by atoms with van der Waals surface area (Å²) in [5.41, 5.74) is 9.98. The van der Waals surface area contributed by atoms with Gasteiger partial charge in [-0.25, -0.2) is 0 Å². The first-order valence-electron chi connectivity index (χ1n) is 7.63. The zero-order valence-corrected chi connectivity index (χ0v) is 13.9. The van der Waals surface area contributed by atoms with E-state index in [-0.39, 0.29) is 19.3 Å². The van der Waals surface area contributed by atoms with Crippen LogP contribution in [0.1, 0.15) is 16.7 Å². The maximum Gasteiger partial charge on any atom is 0.262 e. The van der Waals surface area contributed by atoms with Crippen molar-refractivity contribution in [3.63, 3.8) is 0 Å². The van der Waals surface area contributed by atoms with Crippen molar-refractivity contribution in [1.29, 1.82) is 0 Å². The van der Waals surface area contributed by atoms with Crippen LogP contribution >= 0.6 is 0 Å². The van der Waals surface area contributed by atoms with E-state index in [4.69, 9.17) is 19.9 Å². The number of aryl methyl sites for hydroxylation is 3. The first-order chi connectivity index (χ1) is 11.4. The van der Waals surface area contributed by atoms with Gasteiger partial charge in [0.2, 0.25) is 6.79 Å². The van der Waals surface area contributed by atoms with Gasteiger partial charge in [0.1, 0.15) is 5.75 Å². The molecule has 2 aromatic rings. The number of ether oxygens (including phenoxy) is 3. The fraction of sp³-hybridized carbons (Fsp3) is 0.278. The molecule has 0 spiro atoms. The van der Waals surface area contributed by atoms with Crippen molar-refractivity contribution >= 4 is 17.3 Å². The molecule has 24 heavy (non-hydrogen) atoms. The number of benzene rings is 2. The van der Waals surface area contributed by atoms with E-state index in [2.05, 4.69) is 5.32 Å². The number of carbonyl (C=O) groups excluding carboxylic acids is 1. The largest absolute Gasteiger partial charge is 0.483 e. The molecule has 0 aliphatic carbocycles. The second kappa shape index (κ2) is 6.31. The van der Waals surface area contributed by atoms with Crippen LogP contribution in [0.4, 0.5) is 11.4 Å². The van der Waals surface area contributed by atoms with Crippen molar-refractivity contribution in [1.82, 2.24) is 0 Å². The van der Waals surface area contributed by atoms with Gasteiger partial charge in [0.05, 0.1) is 11.4 Å². The number of hydrogen-bond donors (Lipinski definition) is 2. The van der Waals surface area contributed by atoms with E-state index in [0.29, 0.717) is 22.9 Å². The van der Waals surface area contributed by atoms with Crippen LogP contribution < -0.4 is 25.3 Å². The number of nitrogens with two attached hydrogens (primary N) is 1. The molecule has 0 aromatic heterocycles. The molecule has 1 heterocycles. The Balaban J connectivity index is 1.67. The van der Waals surface area contributed by atoms with E-state index in [1.54, 1.807) is 12.1 Å². The van der Waals surface area contributed by atoms with Gasteiger partial charge in [-0.05, 0) is 31.9 Å². The lowest BCUT2D eigenvalue weighted by atomic mass is 10.1. The first kappa shape index (κ1) is 16.0. The number of anilines is 2. The Morgan fingerprint density at radius 2 is 1.75 bits per heavy atom. The minimum atomic E-state index is -0.292. The number of rotatable bonds is 4. The smallest absolute Gasteiger partial charge is 0.262 e. The molecular formula is C18H20N2O4. The van der Waals surface area contributed by atoms with Crippen molar-refractivity contribution < 1.29 is 19.0 Å². The summed E-state index contributed by atoms with van der Waals surface area (Å²) in [7, 11) is 0. The fourth-order valence-electron chi connectivity index (χ4n) is 2.78. The van der Waals surface area contributed by atoms with E-state index in [1.807, 2.05) is 32.9 Å². The van der Waals surface area contributed by atoms with Crippen LogP contribution in [-0.2, 0) is 4.79 Å². The highest BCUT2D eigenvalue weighted by Gasteiger charge is 2.17. The van der Waals surface area contributed by atoms with Gasteiger partial charge in [-0.15, -0.1) is 0 Å². The third kappa shape index (κ3) is 3.22. The highest BCUT2D eigenvalue weighted by Crippen LogP contribution is 2.38. The normalized spacial score (nSPS) is 12.1. The molecule has 0 saturated heterocycles. The SMILES string of the molecule is Cc1cc(C)c(OCC(=O)Nc2cc3c(cc2N)OCO3)c(C)c1. The van der Waals surface area contributed by atoms with Crippen LogP contribution in [0.5, 0.6) is 17.2 Å². The van der Waals surface area contributed by atoms with Crippen molar-refractivity contribution in [2.24, 2.45) is 0 Å². The molecular weight excluding hydrogens is 308 g/mol. The minimum Gasteiger partial charge on any atom is -0.483 e. The Hall–Kier alpha value is -2.89. The van der Waals surface area contributed by atoms with Crippen molar-refractivity contribution in [2.45, 2.75) is 20.8 Å². The molecule has 3 rings (SSSR count). The predicted octanol–water partition coefficient (Wildman–Crippen LogP) is 2.94. The van der Waals surface area contributed by atoms with E-state index in [1.165, 1.54) is 0 Å². The molecule has 0 radical (unpaired) electrons. The third-order valence-corrected chi connectivity index (χ3v) is 3.77. The summed E-state index contributed by atoms with van der Waals surface area (Å²) in [4.78, 5) is 12.2. The highest BCUT2D eigenvalue weighted by atomic mass is 16.7. The number of hydrogen-bond acceptors (Lipinski definition) is 5. The van der Waals surface area contributed by atoms with Gasteiger partial charge in [0.15, 0.2) is 18.1 Å². The number of amides is 1. The summed E-state index contributed by atoms with van der Waals surface area (Å²) < 4.78 is 16.2. The van der Waals surface area contributed by atoms with Gasteiger partial charge >= 0.3 is 0 Å². The molecule has 6 nitrogen and oxygen atoms in total. The first-order valence-corrected chi connectivity index (χ1v) is 7.63. The molecule has 0 saturated carbocycles. The molecule has 3 N–H and O–H groups in total. The Labute approximate surface area is 140 Å². The number of nitrogen functional groups attached to an aromatic ring is 1. The molecule has 1 aliphatic rings. The summed E-state index contributed by atoms with van der Waals surface area (Å²) in [5, 5.41) is 2.74. The molecule has 2 aromatic carbocycles. The van der Waals surface area contributed by atoms with Gasteiger partial charge < -0.3 is 25.3 Å². The zero-order chi connectivity index (χ0) is 17.3. The van der Waals surface area contributed by atoms with Crippen molar-refractivity contribution in [3.05, 3.63) is 41.0 Å². The minimum absolute atomic E-state index is 0.0986. The summed E-state index contributed by atoms with van der Waals surface area (Å²) in [6, 6.07) is 7.33. The monoisotopic (exact) mass is 328 g/mol. The Morgan fingerprint density at radius 3 is 2.42 bits per heavy atom. The van der Waals surface area contributed by atoms with E-state index in [0.717, 1.165) is 22.4 Å². The molecule has 0 bridgehead atoms. The Morgan fingerprint density at radius 1 is 1.12 bits per heavy atom. The average molecular weight is 328 g/mol. The quantitative estimate of drug-likeness (QED) is 0.843. The molecule has 1 aliphatic heterocycles. The van der Waals surface area contributed by atoms with Crippen molar-refractivity contribution in [3.8, 4) is 17.2 Å². The van der Waals surface area contributed by atoms with Crippen LogP contribution in [0.3, 0.4) is 0 Å². The van der Waals surface area contributed by atoms with Crippen molar-refractivity contribution in [2.75, 3.05) is 24.5 Å². The van der Waals surface area contributed by atoms with Gasteiger partial charge in [-0.3, -0.25) is 4.79 Å². The van der Waals surface area contributed by atoms with Gasteiger partial charge in [-0.2, -0.15) is 0 Å². The lowest BCUT2D eigenvalue weighted by Gasteiger charge is -2.14. The molecule has 126 valence electrons. The highest BCUT2D eigenvalue weighted by molar-refractivity contribution is 5.95. The van der Waals surface area contributed by atoms with Crippen LogP contribution in [0.15, 0.2) is 24.3 Å². The maximum atomic E-state index is 12.2. The second-order valence-electron chi connectivity index (χ2n) is 5.86. The van der Waals surface area contributed by atoms with Gasteiger partial charge in [0, 0.05) is 12.1 Å². The van der Waals surface area contributed by atoms with Gasteiger partial charge in [-0.1, -0.05) is 17.7 Å². The molecule has 0 unspecified atom stereocenters. The van der Waals surface area contributed by atoms with Gasteiger partial charge in [0.25, 0.3) is 5.91 Å². The van der Waals surface area contributed by atoms with E-state index in [9.17, 15) is 4.79 Å². The fourth-order valence-corrected chi connectivity index (χ4v) is 2.78. The zero-order valence-electron chi connectivity index (χ0n) is 13.9. The lowest BCUT2D eigenvalue weighted by Crippen LogP contribution is -2.21. The third-order valence-electron chi connectivity index (χ3n) is 3.77. The van der Waals surface area contributed by atoms with Crippen LogP contribution in [-0.4, -0.2) is 19.3 Å². The van der Waals surface area contributed by atoms with E-state index >= 15 is 0 Å². The predicted molar refractivity (Wildman–Crippen MR) is 91.8 cm³/mol. The van der Waals surface area contributed by atoms with Crippen LogP contribution in [0.2, 0.25) is 0 Å².